The zero-order chi connectivity index (χ0) is 16.6. The lowest BCUT2D eigenvalue weighted by atomic mass is 10.3. The first-order chi connectivity index (χ1) is 11.0. The first kappa shape index (κ1) is 15.9. The molecule has 8 nitrogen and oxygen atoms in total. The van der Waals surface area contributed by atoms with Crippen LogP contribution in [0.15, 0.2) is 6.20 Å². The van der Waals surface area contributed by atoms with Gasteiger partial charge in [0.15, 0.2) is 5.82 Å². The van der Waals surface area contributed by atoms with Crippen molar-refractivity contribution in [3.8, 4) is 11.5 Å². The normalized spacial score (nSPS) is 16.3. The summed E-state index contributed by atoms with van der Waals surface area (Å²) in [6.07, 6.45) is 1.49. The third-order valence-corrected chi connectivity index (χ3v) is 4.23. The summed E-state index contributed by atoms with van der Waals surface area (Å²) in [5.41, 5.74) is 6.22. The van der Waals surface area contributed by atoms with Gasteiger partial charge < -0.3 is 15.5 Å². The molecule has 1 saturated heterocycles. The molecule has 0 radical (unpaired) electrons. The number of anilines is 2. The quantitative estimate of drug-likeness (QED) is 0.903. The maximum atomic E-state index is 6.24. The van der Waals surface area contributed by atoms with Crippen LogP contribution in [0, 0.1) is 0 Å². The van der Waals surface area contributed by atoms with Crippen LogP contribution in [0.1, 0.15) is 19.9 Å². The Bertz CT molecular complexity index is 690. The summed E-state index contributed by atoms with van der Waals surface area (Å²) in [5.74, 6) is 1.63. The van der Waals surface area contributed by atoms with Crippen LogP contribution in [-0.2, 0) is 0 Å². The number of likely N-dealkylation sites (N-methyl/N-ethyl adjacent to an activating group) is 1. The summed E-state index contributed by atoms with van der Waals surface area (Å²) in [6.45, 7) is 8.01. The van der Waals surface area contributed by atoms with Crippen LogP contribution >= 0.6 is 11.6 Å². The van der Waals surface area contributed by atoms with E-state index in [0.717, 1.165) is 32.1 Å². The Morgan fingerprint density at radius 2 is 1.87 bits per heavy atom. The third kappa shape index (κ3) is 3.09. The Labute approximate surface area is 140 Å². The van der Waals surface area contributed by atoms with Crippen LogP contribution in [0.4, 0.5) is 11.9 Å². The summed E-state index contributed by atoms with van der Waals surface area (Å²) < 4.78 is 2.05. The highest BCUT2D eigenvalue weighted by atomic mass is 35.5. The number of hydrogen-bond donors (Lipinski definition) is 1. The van der Waals surface area contributed by atoms with Crippen LogP contribution in [0.25, 0.3) is 11.5 Å². The van der Waals surface area contributed by atoms with E-state index in [1.807, 2.05) is 0 Å². The fraction of sp³-hybridized carbons (Fsp3) is 0.571. The number of halogens is 1. The molecule has 0 spiro atoms. The lowest BCUT2D eigenvalue weighted by Crippen LogP contribution is -2.45. The molecule has 3 heterocycles. The second-order valence-electron chi connectivity index (χ2n) is 6.00. The fourth-order valence-electron chi connectivity index (χ4n) is 2.68. The van der Waals surface area contributed by atoms with Gasteiger partial charge in [-0.1, -0.05) is 11.6 Å². The SMILES string of the molecule is CC(C)n1c(-c2nc(N)ncc2Cl)nnc1N1CCN(C)CC1. The van der Waals surface area contributed by atoms with Crippen LogP contribution in [-0.4, -0.2) is 62.9 Å². The standard InChI is InChI=1S/C14H21ClN8/c1-9(2)23-12(11-10(15)8-17-13(16)18-11)19-20-14(23)22-6-4-21(3)5-7-22/h8-9H,4-7H2,1-3H3,(H2,16,17,18). The predicted octanol–water partition coefficient (Wildman–Crippen LogP) is 1.30. The van der Waals surface area contributed by atoms with Gasteiger partial charge in [0, 0.05) is 32.2 Å². The van der Waals surface area contributed by atoms with E-state index < -0.39 is 0 Å². The molecule has 0 amide bonds. The largest absolute Gasteiger partial charge is 0.368 e. The zero-order valence-electron chi connectivity index (χ0n) is 13.6. The van der Waals surface area contributed by atoms with Crippen molar-refractivity contribution in [2.75, 3.05) is 43.9 Å². The Balaban J connectivity index is 2.04. The van der Waals surface area contributed by atoms with E-state index in [-0.39, 0.29) is 12.0 Å². The van der Waals surface area contributed by atoms with Crippen molar-refractivity contribution < 1.29 is 0 Å². The summed E-state index contributed by atoms with van der Waals surface area (Å²) in [7, 11) is 2.12. The van der Waals surface area contributed by atoms with Crippen LogP contribution in [0.5, 0.6) is 0 Å². The number of nitrogen functional groups attached to an aromatic ring is 1. The molecule has 2 aromatic rings. The summed E-state index contributed by atoms with van der Waals surface area (Å²) >= 11 is 6.24. The molecule has 3 rings (SSSR count). The van der Waals surface area contributed by atoms with Gasteiger partial charge in [0.05, 0.1) is 11.2 Å². The summed E-state index contributed by atoms with van der Waals surface area (Å²) in [5, 5.41) is 9.14. The smallest absolute Gasteiger partial charge is 0.227 e. The first-order valence-electron chi connectivity index (χ1n) is 7.64. The van der Waals surface area contributed by atoms with Crippen molar-refractivity contribution >= 4 is 23.5 Å². The molecule has 0 aliphatic carbocycles. The van der Waals surface area contributed by atoms with Gasteiger partial charge >= 0.3 is 0 Å². The zero-order valence-corrected chi connectivity index (χ0v) is 14.3. The number of aromatic nitrogens is 5. The highest BCUT2D eigenvalue weighted by molar-refractivity contribution is 6.32. The molecule has 0 bridgehead atoms. The maximum Gasteiger partial charge on any atom is 0.227 e. The number of hydrogen-bond acceptors (Lipinski definition) is 7. The Kier molecular flexibility index (Phi) is 4.36. The number of nitrogens with two attached hydrogens (primary N) is 1. The lowest BCUT2D eigenvalue weighted by Gasteiger charge is -2.33. The van der Waals surface area contributed by atoms with Gasteiger partial charge in [-0.05, 0) is 20.9 Å². The van der Waals surface area contributed by atoms with E-state index in [1.165, 1.54) is 6.20 Å². The van der Waals surface area contributed by atoms with Gasteiger partial charge in [-0.3, -0.25) is 4.57 Å². The van der Waals surface area contributed by atoms with Crippen molar-refractivity contribution in [3.05, 3.63) is 11.2 Å². The highest BCUT2D eigenvalue weighted by Gasteiger charge is 2.25. The van der Waals surface area contributed by atoms with Gasteiger partial charge in [-0.2, -0.15) is 0 Å². The molecule has 2 N–H and O–H groups in total. The minimum atomic E-state index is 0.168. The van der Waals surface area contributed by atoms with Crippen molar-refractivity contribution in [2.45, 2.75) is 19.9 Å². The van der Waals surface area contributed by atoms with E-state index >= 15 is 0 Å². The average molecular weight is 337 g/mol. The van der Waals surface area contributed by atoms with Gasteiger partial charge in [-0.15, -0.1) is 10.2 Å². The van der Waals surface area contributed by atoms with Gasteiger partial charge in [-0.25, -0.2) is 9.97 Å². The minimum absolute atomic E-state index is 0.168. The van der Waals surface area contributed by atoms with E-state index in [9.17, 15) is 0 Å². The Morgan fingerprint density at radius 3 is 2.52 bits per heavy atom. The van der Waals surface area contributed by atoms with Crippen molar-refractivity contribution in [3.63, 3.8) is 0 Å². The van der Waals surface area contributed by atoms with Crippen molar-refractivity contribution in [1.82, 2.24) is 29.6 Å². The van der Waals surface area contributed by atoms with E-state index in [4.69, 9.17) is 17.3 Å². The Hall–Kier alpha value is -1.93. The highest BCUT2D eigenvalue weighted by Crippen LogP contribution is 2.30. The maximum absolute atomic E-state index is 6.24. The Morgan fingerprint density at radius 1 is 1.17 bits per heavy atom. The van der Waals surface area contributed by atoms with E-state index in [0.29, 0.717) is 16.5 Å². The second kappa shape index (κ2) is 6.29. The van der Waals surface area contributed by atoms with E-state index in [2.05, 4.69) is 55.4 Å². The van der Waals surface area contributed by atoms with Gasteiger partial charge in [0.2, 0.25) is 11.9 Å². The van der Waals surface area contributed by atoms with E-state index in [1.54, 1.807) is 0 Å². The molecule has 23 heavy (non-hydrogen) atoms. The molecule has 0 saturated carbocycles. The summed E-state index contributed by atoms with van der Waals surface area (Å²) in [6, 6.07) is 0.168. The van der Waals surface area contributed by atoms with Crippen LogP contribution in [0.3, 0.4) is 0 Å². The molecule has 9 heteroatoms. The fourth-order valence-corrected chi connectivity index (χ4v) is 2.86. The topological polar surface area (TPSA) is 89.0 Å². The van der Waals surface area contributed by atoms with Crippen LogP contribution in [0.2, 0.25) is 5.02 Å². The number of rotatable bonds is 3. The first-order valence-corrected chi connectivity index (χ1v) is 8.02. The monoisotopic (exact) mass is 336 g/mol. The van der Waals surface area contributed by atoms with Gasteiger partial charge in [0.1, 0.15) is 5.69 Å². The summed E-state index contributed by atoms with van der Waals surface area (Å²) in [4.78, 5) is 12.7. The average Bonchev–Trinajstić information content (AvgIpc) is 2.95. The van der Waals surface area contributed by atoms with Gasteiger partial charge in [0.25, 0.3) is 0 Å². The lowest BCUT2D eigenvalue weighted by molar-refractivity contribution is 0.309. The molecular formula is C14H21ClN8. The predicted molar refractivity (Wildman–Crippen MR) is 90.6 cm³/mol. The molecule has 124 valence electrons. The molecular weight excluding hydrogens is 316 g/mol. The molecule has 1 aliphatic rings. The number of nitrogens with zero attached hydrogens (tertiary/aromatic N) is 7. The molecule has 1 aliphatic heterocycles. The molecule has 0 unspecified atom stereocenters. The molecule has 0 aromatic carbocycles. The van der Waals surface area contributed by atoms with Crippen molar-refractivity contribution in [1.29, 1.82) is 0 Å². The second-order valence-corrected chi connectivity index (χ2v) is 6.41. The van der Waals surface area contributed by atoms with Crippen molar-refractivity contribution in [2.24, 2.45) is 0 Å². The van der Waals surface area contributed by atoms with Crippen LogP contribution < -0.4 is 10.6 Å². The molecule has 0 atom stereocenters. The molecule has 2 aromatic heterocycles. The minimum Gasteiger partial charge on any atom is -0.368 e. The number of piperazine rings is 1. The third-order valence-electron chi connectivity index (χ3n) is 3.95. The molecule has 1 fully saturated rings.